The molecule has 0 saturated heterocycles. The molecule has 0 heterocycles. The Morgan fingerprint density at radius 2 is 1.27 bits per heavy atom. The highest BCUT2D eigenvalue weighted by Crippen LogP contribution is 2.39. The number of fused-ring (bicyclic) bond motifs is 6. The summed E-state index contributed by atoms with van der Waals surface area (Å²) in [5.74, 6) is 0. The Hall–Kier alpha value is -3.16. The van der Waals surface area contributed by atoms with Crippen molar-refractivity contribution >= 4 is 0 Å². The molecule has 4 aromatic rings. The second-order valence-electron chi connectivity index (χ2n) is 8.77. The number of benzene rings is 4. The van der Waals surface area contributed by atoms with Crippen LogP contribution in [0.1, 0.15) is 33.4 Å². The first-order valence-corrected chi connectivity index (χ1v) is 10.8. The quantitative estimate of drug-likeness (QED) is 0.335. The molecule has 0 aromatic heterocycles. The van der Waals surface area contributed by atoms with Crippen molar-refractivity contribution in [3.63, 3.8) is 0 Å². The molecule has 2 aliphatic rings. The average Bonchev–Trinajstić information content (AvgIpc) is 3.33. The summed E-state index contributed by atoms with van der Waals surface area (Å²) in [7, 11) is 2.24. The standard InChI is InChI=1S/C29H25N/c1-30(18-20-13-14-23-16-21-7-2-5-11-26(21)28(23)15-20)19-24-9-6-12-27-25-10-4-3-8-22(25)17-29(24)27/h2-15H,16-19H2,1H3. The normalized spacial score (nSPS) is 13.1. The molecule has 1 nitrogen and oxygen atoms in total. The number of rotatable bonds is 4. The summed E-state index contributed by atoms with van der Waals surface area (Å²) in [4.78, 5) is 2.45. The van der Waals surface area contributed by atoms with Crippen molar-refractivity contribution < 1.29 is 0 Å². The molecule has 2 aliphatic carbocycles. The lowest BCUT2D eigenvalue weighted by molar-refractivity contribution is 0.318. The summed E-state index contributed by atoms with van der Waals surface area (Å²) in [6.45, 7) is 1.94. The molecule has 0 spiro atoms. The van der Waals surface area contributed by atoms with Crippen molar-refractivity contribution in [2.24, 2.45) is 0 Å². The molecule has 146 valence electrons. The predicted molar refractivity (Wildman–Crippen MR) is 125 cm³/mol. The van der Waals surface area contributed by atoms with Gasteiger partial charge in [0.15, 0.2) is 0 Å². The Morgan fingerprint density at radius 3 is 2.10 bits per heavy atom. The van der Waals surface area contributed by atoms with E-state index >= 15 is 0 Å². The van der Waals surface area contributed by atoms with Crippen molar-refractivity contribution in [3.8, 4) is 22.3 Å². The fourth-order valence-electron chi connectivity index (χ4n) is 5.30. The van der Waals surface area contributed by atoms with Gasteiger partial charge in [0.25, 0.3) is 0 Å². The maximum atomic E-state index is 2.45. The third kappa shape index (κ3) is 2.89. The summed E-state index contributed by atoms with van der Waals surface area (Å²) >= 11 is 0. The minimum Gasteiger partial charge on any atom is -0.298 e. The molecule has 0 saturated carbocycles. The highest BCUT2D eigenvalue weighted by atomic mass is 15.1. The van der Waals surface area contributed by atoms with Crippen LogP contribution in [0.2, 0.25) is 0 Å². The molecule has 0 atom stereocenters. The van der Waals surface area contributed by atoms with Gasteiger partial charge in [0.05, 0.1) is 0 Å². The van der Waals surface area contributed by atoms with Crippen LogP contribution in [0.3, 0.4) is 0 Å². The minimum absolute atomic E-state index is 0.964. The molecule has 0 fully saturated rings. The molecule has 4 aromatic carbocycles. The average molecular weight is 388 g/mol. The van der Waals surface area contributed by atoms with Crippen molar-refractivity contribution in [1.82, 2.24) is 4.90 Å². The largest absolute Gasteiger partial charge is 0.298 e. The number of nitrogens with zero attached hydrogens (tertiary/aromatic N) is 1. The highest BCUT2D eigenvalue weighted by molar-refractivity contribution is 5.78. The van der Waals surface area contributed by atoms with Crippen LogP contribution in [0.4, 0.5) is 0 Å². The molecule has 1 heteroatoms. The van der Waals surface area contributed by atoms with E-state index in [0.29, 0.717) is 0 Å². The predicted octanol–water partition coefficient (Wildman–Crippen LogP) is 6.46. The maximum Gasteiger partial charge on any atom is 0.0237 e. The first-order valence-electron chi connectivity index (χ1n) is 10.8. The van der Waals surface area contributed by atoms with E-state index in [9.17, 15) is 0 Å². The van der Waals surface area contributed by atoms with Crippen LogP contribution < -0.4 is 0 Å². The van der Waals surface area contributed by atoms with E-state index in [1.54, 1.807) is 0 Å². The molecule has 0 N–H and O–H groups in total. The van der Waals surface area contributed by atoms with Gasteiger partial charge in [-0.3, -0.25) is 4.90 Å². The van der Waals surface area contributed by atoms with E-state index in [-0.39, 0.29) is 0 Å². The Kier molecular flexibility index (Phi) is 4.11. The van der Waals surface area contributed by atoms with E-state index in [0.717, 1.165) is 25.9 Å². The van der Waals surface area contributed by atoms with Gasteiger partial charge in [-0.25, -0.2) is 0 Å². The van der Waals surface area contributed by atoms with Crippen molar-refractivity contribution in [3.05, 3.63) is 118 Å². The molecule has 0 amide bonds. The molecule has 0 bridgehead atoms. The SMILES string of the molecule is CN(Cc1ccc2c(c1)-c1ccccc1C2)Cc1cccc2c1Cc1ccccc1-2. The van der Waals surface area contributed by atoms with Crippen molar-refractivity contribution in [1.29, 1.82) is 0 Å². The van der Waals surface area contributed by atoms with Gasteiger partial charge in [-0.2, -0.15) is 0 Å². The van der Waals surface area contributed by atoms with E-state index < -0.39 is 0 Å². The third-order valence-electron chi connectivity index (χ3n) is 6.70. The molecule has 0 unspecified atom stereocenters. The van der Waals surface area contributed by atoms with Gasteiger partial charge in [0.1, 0.15) is 0 Å². The number of hydrogen-bond donors (Lipinski definition) is 0. The van der Waals surface area contributed by atoms with E-state index in [1.807, 2.05) is 0 Å². The van der Waals surface area contributed by atoms with Gasteiger partial charge in [0, 0.05) is 13.1 Å². The summed E-state index contributed by atoms with van der Waals surface area (Å²) in [5.41, 5.74) is 14.4. The lowest BCUT2D eigenvalue weighted by Crippen LogP contribution is -2.18. The number of hydrogen-bond acceptors (Lipinski definition) is 1. The summed E-state index contributed by atoms with van der Waals surface area (Å²) in [6, 6.07) is 31.5. The van der Waals surface area contributed by atoms with Crippen LogP contribution >= 0.6 is 0 Å². The smallest absolute Gasteiger partial charge is 0.0237 e. The zero-order valence-corrected chi connectivity index (χ0v) is 17.4. The van der Waals surface area contributed by atoms with E-state index in [1.165, 1.54) is 55.6 Å². The zero-order chi connectivity index (χ0) is 20.1. The van der Waals surface area contributed by atoms with Gasteiger partial charge in [-0.1, -0.05) is 78.9 Å². The fraction of sp³-hybridized carbons (Fsp3) is 0.172. The first kappa shape index (κ1) is 17.7. The second-order valence-corrected chi connectivity index (χ2v) is 8.77. The van der Waals surface area contributed by atoms with Crippen molar-refractivity contribution in [2.75, 3.05) is 7.05 Å². The summed E-state index contributed by atoms with van der Waals surface area (Å²) < 4.78 is 0. The lowest BCUT2D eigenvalue weighted by Gasteiger charge is -2.19. The monoisotopic (exact) mass is 387 g/mol. The minimum atomic E-state index is 0.964. The van der Waals surface area contributed by atoms with Gasteiger partial charge >= 0.3 is 0 Å². The first-order chi connectivity index (χ1) is 14.8. The van der Waals surface area contributed by atoms with Crippen LogP contribution in [-0.4, -0.2) is 11.9 Å². The van der Waals surface area contributed by atoms with Gasteiger partial charge in [-0.05, 0) is 81.6 Å². The molecular formula is C29H25N. The van der Waals surface area contributed by atoms with Crippen LogP contribution in [0.15, 0.2) is 84.9 Å². The van der Waals surface area contributed by atoms with E-state index in [4.69, 9.17) is 0 Å². The second kappa shape index (κ2) is 6.97. The Balaban J connectivity index is 1.24. The summed E-state index contributed by atoms with van der Waals surface area (Å²) in [6.07, 6.45) is 2.13. The molecule has 0 radical (unpaired) electrons. The van der Waals surface area contributed by atoms with Crippen LogP contribution in [-0.2, 0) is 25.9 Å². The fourth-order valence-corrected chi connectivity index (χ4v) is 5.30. The molecule has 6 rings (SSSR count). The van der Waals surface area contributed by atoms with Gasteiger partial charge in [-0.15, -0.1) is 0 Å². The van der Waals surface area contributed by atoms with Crippen molar-refractivity contribution in [2.45, 2.75) is 25.9 Å². The molecule has 30 heavy (non-hydrogen) atoms. The Bertz CT molecular complexity index is 1270. The zero-order valence-electron chi connectivity index (χ0n) is 17.4. The third-order valence-corrected chi connectivity index (χ3v) is 6.70. The highest BCUT2D eigenvalue weighted by Gasteiger charge is 2.21. The lowest BCUT2D eigenvalue weighted by atomic mass is 10.0. The van der Waals surface area contributed by atoms with E-state index in [2.05, 4.69) is 96.9 Å². The molecular weight excluding hydrogens is 362 g/mol. The summed E-state index contributed by atoms with van der Waals surface area (Å²) in [5, 5.41) is 0. The molecule has 0 aliphatic heterocycles. The van der Waals surface area contributed by atoms with Crippen LogP contribution in [0.25, 0.3) is 22.3 Å². The maximum absolute atomic E-state index is 2.45. The topological polar surface area (TPSA) is 3.24 Å². The Labute approximate surface area is 178 Å². The van der Waals surface area contributed by atoms with Crippen LogP contribution in [0.5, 0.6) is 0 Å². The van der Waals surface area contributed by atoms with Gasteiger partial charge in [0.2, 0.25) is 0 Å². The van der Waals surface area contributed by atoms with Crippen LogP contribution in [0, 0.1) is 0 Å². The van der Waals surface area contributed by atoms with Gasteiger partial charge < -0.3 is 0 Å². The Morgan fingerprint density at radius 1 is 0.600 bits per heavy atom.